The van der Waals surface area contributed by atoms with E-state index in [1.165, 1.54) is 4.88 Å². The summed E-state index contributed by atoms with van der Waals surface area (Å²) in [6.07, 6.45) is 0. The van der Waals surface area contributed by atoms with Crippen molar-refractivity contribution in [2.45, 2.75) is 6.04 Å². The predicted octanol–water partition coefficient (Wildman–Crippen LogP) is 4.07. The van der Waals surface area contributed by atoms with Crippen molar-refractivity contribution >= 4 is 39.7 Å². The minimum atomic E-state index is -0.134. The Morgan fingerprint density at radius 2 is 2.00 bits per heavy atom. The Kier molecular flexibility index (Phi) is 6.20. The SMILES string of the molecule is Cl.Fc1ccc(Br)cc1[C@@H](c1cccs1)N1CCNCC1. The van der Waals surface area contributed by atoms with Crippen molar-refractivity contribution in [3.05, 3.63) is 56.4 Å². The molecule has 2 nitrogen and oxygen atoms in total. The molecule has 0 aliphatic carbocycles. The Labute approximate surface area is 142 Å². The first-order valence-electron chi connectivity index (χ1n) is 6.69. The van der Waals surface area contributed by atoms with Crippen LogP contribution in [0.15, 0.2) is 40.2 Å². The number of hydrogen-bond acceptors (Lipinski definition) is 3. The molecule has 2 heterocycles. The van der Waals surface area contributed by atoms with E-state index in [0.717, 1.165) is 36.2 Å². The molecule has 3 rings (SSSR count). The number of halogens is 3. The Morgan fingerprint density at radius 1 is 1.24 bits per heavy atom. The van der Waals surface area contributed by atoms with E-state index in [1.807, 2.05) is 12.1 Å². The van der Waals surface area contributed by atoms with E-state index in [1.54, 1.807) is 23.5 Å². The molecule has 0 spiro atoms. The van der Waals surface area contributed by atoms with E-state index in [4.69, 9.17) is 0 Å². The van der Waals surface area contributed by atoms with Gasteiger partial charge in [0.15, 0.2) is 0 Å². The number of piperazine rings is 1. The molecular formula is C15H17BrClFN2S. The standard InChI is InChI=1S/C15H16BrFN2S.ClH/c16-11-3-4-13(17)12(10-11)15(14-2-1-9-20-14)19-7-5-18-6-8-19;/h1-4,9-10,15,18H,5-8H2;1H/t15-;/m0./s1. The summed E-state index contributed by atoms with van der Waals surface area (Å²) in [5.41, 5.74) is 0.753. The van der Waals surface area contributed by atoms with Crippen LogP contribution in [-0.2, 0) is 0 Å². The van der Waals surface area contributed by atoms with Gasteiger partial charge in [0.25, 0.3) is 0 Å². The third kappa shape index (κ3) is 3.85. The van der Waals surface area contributed by atoms with Gasteiger partial charge in [-0.3, -0.25) is 4.90 Å². The third-order valence-electron chi connectivity index (χ3n) is 3.58. The fourth-order valence-electron chi connectivity index (χ4n) is 2.64. The summed E-state index contributed by atoms with van der Waals surface area (Å²) < 4.78 is 15.2. The zero-order valence-electron chi connectivity index (χ0n) is 11.4. The fourth-order valence-corrected chi connectivity index (χ4v) is 3.90. The number of thiophene rings is 1. The fraction of sp³-hybridized carbons (Fsp3) is 0.333. The van der Waals surface area contributed by atoms with E-state index >= 15 is 0 Å². The predicted molar refractivity (Wildman–Crippen MR) is 92.0 cm³/mol. The molecule has 1 aromatic heterocycles. The highest BCUT2D eigenvalue weighted by atomic mass is 79.9. The first-order valence-corrected chi connectivity index (χ1v) is 8.36. The van der Waals surface area contributed by atoms with Crippen LogP contribution in [0.2, 0.25) is 0 Å². The van der Waals surface area contributed by atoms with E-state index < -0.39 is 0 Å². The molecule has 1 aliphatic rings. The molecule has 6 heteroatoms. The quantitative estimate of drug-likeness (QED) is 0.848. The molecule has 1 aliphatic heterocycles. The summed E-state index contributed by atoms with van der Waals surface area (Å²) in [7, 11) is 0. The molecule has 0 saturated carbocycles. The lowest BCUT2D eigenvalue weighted by Crippen LogP contribution is -2.45. The van der Waals surface area contributed by atoms with Crippen molar-refractivity contribution in [2.24, 2.45) is 0 Å². The van der Waals surface area contributed by atoms with Gasteiger partial charge in [-0.05, 0) is 29.6 Å². The highest BCUT2D eigenvalue weighted by molar-refractivity contribution is 9.10. The molecule has 0 unspecified atom stereocenters. The number of benzene rings is 1. The number of nitrogens with one attached hydrogen (secondary N) is 1. The minimum Gasteiger partial charge on any atom is -0.314 e. The van der Waals surface area contributed by atoms with Gasteiger partial charge < -0.3 is 5.32 Å². The summed E-state index contributed by atoms with van der Waals surface area (Å²) in [5, 5.41) is 5.41. The van der Waals surface area contributed by atoms with Gasteiger partial charge in [0.1, 0.15) is 5.82 Å². The van der Waals surface area contributed by atoms with Crippen LogP contribution < -0.4 is 5.32 Å². The Morgan fingerprint density at radius 3 is 2.67 bits per heavy atom. The Hall–Kier alpha value is -0.460. The van der Waals surface area contributed by atoms with Gasteiger partial charge in [0, 0.05) is 41.1 Å². The second kappa shape index (κ2) is 7.70. The van der Waals surface area contributed by atoms with E-state index in [9.17, 15) is 4.39 Å². The summed E-state index contributed by atoms with van der Waals surface area (Å²) in [5.74, 6) is -0.134. The van der Waals surface area contributed by atoms with E-state index in [2.05, 4.69) is 37.6 Å². The maximum absolute atomic E-state index is 14.3. The Bertz CT molecular complexity index is 573. The largest absolute Gasteiger partial charge is 0.314 e. The lowest BCUT2D eigenvalue weighted by Gasteiger charge is -2.35. The molecule has 1 aromatic carbocycles. The molecule has 0 radical (unpaired) electrons. The maximum Gasteiger partial charge on any atom is 0.128 e. The number of nitrogens with zero attached hydrogens (tertiary/aromatic N) is 1. The zero-order chi connectivity index (χ0) is 13.9. The summed E-state index contributed by atoms with van der Waals surface area (Å²) in [6.45, 7) is 3.79. The maximum atomic E-state index is 14.3. The van der Waals surface area contributed by atoms with E-state index in [-0.39, 0.29) is 24.3 Å². The van der Waals surface area contributed by atoms with Crippen LogP contribution in [-0.4, -0.2) is 31.1 Å². The highest BCUT2D eigenvalue weighted by Gasteiger charge is 2.27. The first-order chi connectivity index (χ1) is 9.75. The van der Waals surface area contributed by atoms with Crippen LogP contribution in [0, 0.1) is 5.82 Å². The van der Waals surface area contributed by atoms with Crippen LogP contribution in [0.25, 0.3) is 0 Å². The van der Waals surface area contributed by atoms with Gasteiger partial charge in [-0.25, -0.2) is 4.39 Å². The van der Waals surface area contributed by atoms with Crippen LogP contribution >= 0.6 is 39.7 Å². The smallest absolute Gasteiger partial charge is 0.128 e. The number of rotatable bonds is 3. The molecule has 1 fully saturated rings. The number of hydrogen-bond donors (Lipinski definition) is 1. The monoisotopic (exact) mass is 390 g/mol. The molecule has 1 saturated heterocycles. The van der Waals surface area contributed by atoms with Crippen molar-refractivity contribution in [2.75, 3.05) is 26.2 Å². The normalized spacial score (nSPS) is 17.2. The zero-order valence-corrected chi connectivity index (χ0v) is 14.6. The lowest BCUT2D eigenvalue weighted by molar-refractivity contribution is 0.197. The van der Waals surface area contributed by atoms with Crippen LogP contribution in [0.5, 0.6) is 0 Å². The minimum absolute atomic E-state index is 0. The molecule has 21 heavy (non-hydrogen) atoms. The van der Waals surface area contributed by atoms with Gasteiger partial charge in [-0.15, -0.1) is 23.7 Å². The van der Waals surface area contributed by atoms with Gasteiger partial charge >= 0.3 is 0 Å². The average molecular weight is 392 g/mol. The Balaban J connectivity index is 0.00000161. The average Bonchev–Trinajstić information content (AvgIpc) is 2.98. The van der Waals surface area contributed by atoms with Crippen molar-refractivity contribution < 1.29 is 4.39 Å². The molecule has 0 bridgehead atoms. The third-order valence-corrected chi connectivity index (χ3v) is 5.00. The molecule has 0 amide bonds. The highest BCUT2D eigenvalue weighted by Crippen LogP contribution is 2.34. The molecule has 2 aromatic rings. The van der Waals surface area contributed by atoms with Crippen molar-refractivity contribution in [1.29, 1.82) is 0 Å². The first kappa shape index (κ1) is 16.9. The van der Waals surface area contributed by atoms with Gasteiger partial charge in [0.2, 0.25) is 0 Å². The molecule has 114 valence electrons. The molecular weight excluding hydrogens is 375 g/mol. The van der Waals surface area contributed by atoms with Gasteiger partial charge in [-0.1, -0.05) is 22.0 Å². The second-order valence-electron chi connectivity index (χ2n) is 4.87. The van der Waals surface area contributed by atoms with Gasteiger partial charge in [-0.2, -0.15) is 0 Å². The summed E-state index contributed by atoms with van der Waals surface area (Å²) >= 11 is 5.15. The van der Waals surface area contributed by atoms with Crippen LogP contribution in [0.4, 0.5) is 4.39 Å². The van der Waals surface area contributed by atoms with Crippen LogP contribution in [0.3, 0.4) is 0 Å². The van der Waals surface area contributed by atoms with Crippen molar-refractivity contribution in [3.8, 4) is 0 Å². The molecule has 1 N–H and O–H groups in total. The van der Waals surface area contributed by atoms with Crippen LogP contribution in [0.1, 0.15) is 16.5 Å². The van der Waals surface area contributed by atoms with Gasteiger partial charge in [0.05, 0.1) is 6.04 Å². The van der Waals surface area contributed by atoms with E-state index in [0.29, 0.717) is 0 Å². The van der Waals surface area contributed by atoms with Crippen molar-refractivity contribution in [3.63, 3.8) is 0 Å². The molecule has 1 atom stereocenters. The summed E-state index contributed by atoms with van der Waals surface area (Å²) in [4.78, 5) is 3.55. The lowest BCUT2D eigenvalue weighted by atomic mass is 10.0. The van der Waals surface area contributed by atoms with Crippen molar-refractivity contribution in [1.82, 2.24) is 10.2 Å². The summed E-state index contributed by atoms with van der Waals surface area (Å²) in [6, 6.07) is 9.34. The second-order valence-corrected chi connectivity index (χ2v) is 6.76. The topological polar surface area (TPSA) is 15.3 Å².